The van der Waals surface area contributed by atoms with E-state index in [4.69, 9.17) is 0 Å². The van der Waals surface area contributed by atoms with Gasteiger partial charge in [-0.1, -0.05) is 13.0 Å². The maximum atomic E-state index is 12.0. The summed E-state index contributed by atoms with van der Waals surface area (Å²) in [5.74, 6) is -0.316. The summed E-state index contributed by atoms with van der Waals surface area (Å²) in [5, 5.41) is 0. The molecule has 5 heteroatoms. The molecule has 0 saturated heterocycles. The van der Waals surface area contributed by atoms with Crippen molar-refractivity contribution in [1.29, 1.82) is 0 Å². The van der Waals surface area contributed by atoms with Gasteiger partial charge >= 0.3 is 5.97 Å². The second-order valence-corrected chi connectivity index (χ2v) is 6.59. The molecular formula is C13H16O4S. The lowest BCUT2D eigenvalue weighted by Gasteiger charge is -2.09. The normalized spacial score (nSPS) is 20.5. The van der Waals surface area contributed by atoms with Crippen molar-refractivity contribution >= 4 is 15.8 Å². The number of methoxy groups -OCH3 is 1. The first-order valence-corrected chi connectivity index (χ1v) is 7.51. The molecule has 0 amide bonds. The molecule has 18 heavy (non-hydrogen) atoms. The molecule has 0 spiro atoms. The van der Waals surface area contributed by atoms with Crippen LogP contribution in [0.5, 0.6) is 0 Å². The highest BCUT2D eigenvalue weighted by molar-refractivity contribution is 7.91. The molecular weight excluding hydrogens is 252 g/mol. The highest BCUT2D eigenvalue weighted by Gasteiger charge is 2.35. The molecule has 0 N–H and O–H groups in total. The van der Waals surface area contributed by atoms with Gasteiger partial charge in [-0.25, -0.2) is 13.2 Å². The Bertz CT molecular complexity index is 602. The largest absolute Gasteiger partial charge is 0.465 e. The molecule has 0 saturated carbocycles. The zero-order valence-corrected chi connectivity index (χ0v) is 11.5. The minimum atomic E-state index is -3.26. The monoisotopic (exact) mass is 268 g/mol. The van der Waals surface area contributed by atoms with Crippen LogP contribution in [0.4, 0.5) is 0 Å². The molecule has 0 radical (unpaired) electrons. The van der Waals surface area contributed by atoms with Gasteiger partial charge in [0.05, 0.1) is 23.3 Å². The SMILES string of the molecule is CCC1CS(=O)(=O)c2cc(C(=O)OC)c(C)cc21. The zero-order chi connectivity index (χ0) is 13.5. The summed E-state index contributed by atoms with van der Waals surface area (Å²) >= 11 is 0. The molecule has 0 bridgehead atoms. The van der Waals surface area contributed by atoms with E-state index in [0.717, 1.165) is 17.5 Å². The smallest absolute Gasteiger partial charge is 0.338 e. The van der Waals surface area contributed by atoms with Gasteiger partial charge in [0.25, 0.3) is 0 Å². The number of benzene rings is 1. The van der Waals surface area contributed by atoms with Gasteiger partial charge in [0.1, 0.15) is 0 Å². The second-order valence-electron chi connectivity index (χ2n) is 4.58. The average Bonchev–Trinajstić information content (AvgIpc) is 2.58. The Morgan fingerprint density at radius 2 is 2.11 bits per heavy atom. The molecule has 0 aliphatic carbocycles. The van der Waals surface area contributed by atoms with Gasteiger partial charge < -0.3 is 4.74 Å². The lowest BCUT2D eigenvalue weighted by Crippen LogP contribution is -2.06. The highest BCUT2D eigenvalue weighted by Crippen LogP contribution is 2.38. The van der Waals surface area contributed by atoms with Crippen molar-refractivity contribution in [1.82, 2.24) is 0 Å². The van der Waals surface area contributed by atoms with Gasteiger partial charge in [-0.3, -0.25) is 0 Å². The summed E-state index contributed by atoms with van der Waals surface area (Å²) < 4.78 is 28.8. The fourth-order valence-corrected chi connectivity index (χ4v) is 4.42. The third-order valence-corrected chi connectivity index (χ3v) is 5.32. The molecule has 1 heterocycles. The van der Waals surface area contributed by atoms with Crippen molar-refractivity contribution in [3.05, 3.63) is 28.8 Å². The van der Waals surface area contributed by atoms with Gasteiger partial charge in [-0.2, -0.15) is 0 Å². The van der Waals surface area contributed by atoms with Crippen molar-refractivity contribution in [3.8, 4) is 0 Å². The lowest BCUT2D eigenvalue weighted by molar-refractivity contribution is 0.0599. The minimum absolute atomic E-state index is 0.0374. The van der Waals surface area contributed by atoms with E-state index in [1.807, 2.05) is 6.92 Å². The lowest BCUT2D eigenvalue weighted by atomic mass is 9.95. The summed E-state index contributed by atoms with van der Waals surface area (Å²) in [7, 11) is -1.97. The molecule has 1 aliphatic heterocycles. The Balaban J connectivity index is 2.66. The third-order valence-electron chi connectivity index (χ3n) is 3.45. The van der Waals surface area contributed by atoms with Crippen molar-refractivity contribution < 1.29 is 17.9 Å². The van der Waals surface area contributed by atoms with Crippen LogP contribution in [0.2, 0.25) is 0 Å². The number of rotatable bonds is 2. The highest BCUT2D eigenvalue weighted by atomic mass is 32.2. The maximum absolute atomic E-state index is 12.0. The number of hydrogen-bond acceptors (Lipinski definition) is 4. The number of esters is 1. The number of aryl methyl sites for hydroxylation is 1. The molecule has 4 nitrogen and oxygen atoms in total. The van der Waals surface area contributed by atoms with E-state index in [0.29, 0.717) is 10.5 Å². The molecule has 2 rings (SSSR count). The number of carbonyl (C=O) groups excluding carboxylic acids is 1. The summed E-state index contributed by atoms with van der Waals surface area (Å²) in [6.07, 6.45) is 0.781. The molecule has 0 aromatic heterocycles. The topological polar surface area (TPSA) is 60.4 Å². The Hall–Kier alpha value is -1.36. The van der Waals surface area contributed by atoms with E-state index in [2.05, 4.69) is 4.74 Å². The van der Waals surface area contributed by atoms with Gasteiger partial charge in [-0.05, 0) is 36.5 Å². The number of hydrogen-bond donors (Lipinski definition) is 0. The Labute approximate surface area is 107 Å². The first kappa shape index (κ1) is 13.1. The van der Waals surface area contributed by atoms with Crippen molar-refractivity contribution in [2.45, 2.75) is 31.1 Å². The van der Waals surface area contributed by atoms with E-state index < -0.39 is 15.8 Å². The molecule has 1 atom stereocenters. The number of ether oxygens (including phenoxy) is 1. The predicted octanol–water partition coefficient (Wildman–Crippen LogP) is 2.06. The van der Waals surface area contributed by atoms with E-state index in [-0.39, 0.29) is 11.7 Å². The first-order valence-electron chi connectivity index (χ1n) is 5.86. The minimum Gasteiger partial charge on any atom is -0.465 e. The summed E-state index contributed by atoms with van der Waals surface area (Å²) in [6, 6.07) is 3.27. The van der Waals surface area contributed by atoms with Gasteiger partial charge in [0.15, 0.2) is 9.84 Å². The third kappa shape index (κ3) is 1.92. The van der Waals surface area contributed by atoms with E-state index >= 15 is 0 Å². The quantitative estimate of drug-likeness (QED) is 0.770. The van der Waals surface area contributed by atoms with E-state index in [1.165, 1.54) is 13.2 Å². The second kappa shape index (κ2) is 4.39. The molecule has 1 aliphatic rings. The number of carbonyl (C=O) groups is 1. The van der Waals surface area contributed by atoms with Crippen molar-refractivity contribution in [2.24, 2.45) is 0 Å². The van der Waals surface area contributed by atoms with E-state index in [1.54, 1.807) is 13.0 Å². The zero-order valence-electron chi connectivity index (χ0n) is 10.7. The van der Waals surface area contributed by atoms with Gasteiger partial charge in [-0.15, -0.1) is 0 Å². The molecule has 1 aromatic rings. The van der Waals surface area contributed by atoms with Gasteiger partial charge in [0, 0.05) is 0 Å². The molecule has 1 aromatic carbocycles. The molecule has 1 unspecified atom stereocenters. The van der Waals surface area contributed by atoms with E-state index in [9.17, 15) is 13.2 Å². The maximum Gasteiger partial charge on any atom is 0.338 e. The van der Waals surface area contributed by atoms with Crippen LogP contribution >= 0.6 is 0 Å². The summed E-state index contributed by atoms with van der Waals surface area (Å²) in [5.41, 5.74) is 1.93. The Morgan fingerprint density at radius 3 is 2.67 bits per heavy atom. The first-order chi connectivity index (χ1) is 8.40. The van der Waals surface area contributed by atoms with Crippen LogP contribution in [0.15, 0.2) is 17.0 Å². The van der Waals surface area contributed by atoms with Crippen LogP contribution in [-0.2, 0) is 14.6 Å². The van der Waals surface area contributed by atoms with Crippen LogP contribution in [0.1, 0.15) is 40.7 Å². The van der Waals surface area contributed by atoms with Crippen LogP contribution < -0.4 is 0 Å². The number of fused-ring (bicyclic) bond motifs is 1. The van der Waals surface area contributed by atoms with Crippen LogP contribution in [0.3, 0.4) is 0 Å². The van der Waals surface area contributed by atoms with Crippen LogP contribution in [0, 0.1) is 6.92 Å². The molecule has 0 fully saturated rings. The fraction of sp³-hybridized carbons (Fsp3) is 0.462. The van der Waals surface area contributed by atoms with Crippen LogP contribution in [-0.4, -0.2) is 27.2 Å². The summed E-state index contributed by atoms with van der Waals surface area (Å²) in [4.78, 5) is 11.9. The Morgan fingerprint density at radius 1 is 1.44 bits per heavy atom. The van der Waals surface area contributed by atoms with Crippen molar-refractivity contribution in [2.75, 3.05) is 12.9 Å². The van der Waals surface area contributed by atoms with Crippen LogP contribution in [0.25, 0.3) is 0 Å². The van der Waals surface area contributed by atoms with Crippen molar-refractivity contribution in [3.63, 3.8) is 0 Å². The average molecular weight is 268 g/mol. The predicted molar refractivity (Wildman–Crippen MR) is 67.6 cm³/mol. The summed E-state index contributed by atoms with van der Waals surface area (Å²) in [6.45, 7) is 3.77. The standard InChI is InChI=1S/C13H16O4S/c1-4-9-7-18(15,16)12-6-10(13(14)17-3)8(2)5-11(9)12/h5-6,9H,4,7H2,1-3H3. The fourth-order valence-electron chi connectivity index (χ4n) is 2.41. The molecule has 98 valence electrons. The number of sulfone groups is 1. The van der Waals surface area contributed by atoms with Gasteiger partial charge in [0.2, 0.25) is 0 Å². The Kier molecular flexibility index (Phi) is 3.19.